The van der Waals surface area contributed by atoms with E-state index < -0.39 is 0 Å². The average molecular weight is 330 g/mol. The molecule has 23 heavy (non-hydrogen) atoms. The van der Waals surface area contributed by atoms with Crippen LogP contribution in [-0.4, -0.2) is 33.1 Å². The number of carbonyl (C=O) groups is 1. The van der Waals surface area contributed by atoms with E-state index in [2.05, 4.69) is 21.9 Å². The second kappa shape index (κ2) is 7.55. The summed E-state index contributed by atoms with van der Waals surface area (Å²) in [5, 5.41) is 6.74. The first-order valence-corrected chi connectivity index (χ1v) is 9.18. The van der Waals surface area contributed by atoms with Gasteiger partial charge >= 0.3 is 6.03 Å². The Morgan fingerprint density at radius 2 is 2.26 bits per heavy atom. The molecule has 2 atom stereocenters. The molecular weight excluding hydrogens is 308 g/mol. The molecule has 0 aliphatic heterocycles. The summed E-state index contributed by atoms with van der Waals surface area (Å²) in [6, 6.07) is 8.23. The summed E-state index contributed by atoms with van der Waals surface area (Å²) in [6.07, 6.45) is 10.9. The van der Waals surface area contributed by atoms with Crippen LogP contribution in [0.5, 0.6) is 0 Å². The van der Waals surface area contributed by atoms with Crippen LogP contribution in [0.2, 0.25) is 0 Å². The lowest BCUT2D eigenvalue weighted by atomic mass is 10.1. The van der Waals surface area contributed by atoms with E-state index in [0.717, 1.165) is 24.1 Å². The van der Waals surface area contributed by atoms with Crippen LogP contribution in [0.15, 0.2) is 43.0 Å². The third kappa shape index (κ3) is 4.07. The standard InChI is InChI=1S/C17H22N4OS/c1-23-15-7-6-14(10-15)20-17(22)19-11-13-4-2-3-5-16(13)21-9-8-18-12-21/h2-5,8-9,12,14-15H,6-7,10-11H2,1H3,(H2,19,20,22). The van der Waals surface area contributed by atoms with Crippen molar-refractivity contribution in [3.63, 3.8) is 0 Å². The maximum Gasteiger partial charge on any atom is 0.315 e. The normalized spacial score (nSPS) is 20.4. The van der Waals surface area contributed by atoms with Crippen molar-refractivity contribution < 1.29 is 4.79 Å². The molecule has 2 aromatic rings. The minimum atomic E-state index is -0.0859. The summed E-state index contributed by atoms with van der Waals surface area (Å²) in [5.74, 6) is 0. The number of rotatable bonds is 5. The van der Waals surface area contributed by atoms with Gasteiger partial charge in [0.05, 0.1) is 12.0 Å². The van der Waals surface area contributed by atoms with Gasteiger partial charge in [-0.25, -0.2) is 9.78 Å². The van der Waals surface area contributed by atoms with Crippen molar-refractivity contribution in [2.75, 3.05) is 6.26 Å². The van der Waals surface area contributed by atoms with Crippen molar-refractivity contribution in [3.8, 4) is 5.69 Å². The Morgan fingerprint density at radius 1 is 1.39 bits per heavy atom. The van der Waals surface area contributed by atoms with Gasteiger partial charge in [0.15, 0.2) is 0 Å². The number of amides is 2. The zero-order valence-electron chi connectivity index (χ0n) is 13.2. The van der Waals surface area contributed by atoms with E-state index in [4.69, 9.17) is 0 Å². The fraction of sp³-hybridized carbons (Fsp3) is 0.412. The average Bonchev–Trinajstić information content (AvgIpc) is 3.25. The van der Waals surface area contributed by atoms with Gasteiger partial charge < -0.3 is 15.2 Å². The highest BCUT2D eigenvalue weighted by Gasteiger charge is 2.24. The molecule has 1 heterocycles. The first-order valence-electron chi connectivity index (χ1n) is 7.89. The van der Waals surface area contributed by atoms with Gasteiger partial charge in [-0.2, -0.15) is 11.8 Å². The maximum absolute atomic E-state index is 12.1. The predicted molar refractivity (Wildman–Crippen MR) is 93.9 cm³/mol. The number of benzene rings is 1. The molecule has 6 heteroatoms. The lowest BCUT2D eigenvalue weighted by Gasteiger charge is -2.15. The Hall–Kier alpha value is -1.95. The molecule has 1 aromatic carbocycles. The fourth-order valence-corrected chi connectivity index (χ4v) is 3.81. The third-order valence-corrected chi connectivity index (χ3v) is 5.36. The number of para-hydroxylation sites is 1. The minimum Gasteiger partial charge on any atom is -0.335 e. The molecule has 0 spiro atoms. The lowest BCUT2D eigenvalue weighted by molar-refractivity contribution is 0.236. The second-order valence-electron chi connectivity index (χ2n) is 5.79. The largest absolute Gasteiger partial charge is 0.335 e. The van der Waals surface area contributed by atoms with E-state index in [-0.39, 0.29) is 6.03 Å². The Bertz CT molecular complexity index is 644. The fourth-order valence-electron chi connectivity index (χ4n) is 3.01. The molecule has 0 bridgehead atoms. The van der Waals surface area contributed by atoms with E-state index in [1.807, 2.05) is 46.8 Å². The quantitative estimate of drug-likeness (QED) is 0.886. The smallest absolute Gasteiger partial charge is 0.315 e. The first kappa shape index (κ1) is 15.9. The molecular formula is C17H22N4OS. The van der Waals surface area contributed by atoms with Gasteiger partial charge in [-0.05, 0) is 37.1 Å². The molecule has 1 saturated carbocycles. The number of nitrogens with zero attached hydrogens (tertiary/aromatic N) is 2. The van der Waals surface area contributed by atoms with Gasteiger partial charge in [0, 0.05) is 30.2 Å². The molecule has 3 rings (SSSR count). The van der Waals surface area contributed by atoms with E-state index in [9.17, 15) is 4.79 Å². The molecule has 1 aliphatic rings. The maximum atomic E-state index is 12.1. The molecule has 122 valence electrons. The summed E-state index contributed by atoms with van der Waals surface area (Å²) >= 11 is 1.89. The molecule has 2 N–H and O–H groups in total. The van der Waals surface area contributed by atoms with E-state index in [1.165, 1.54) is 6.42 Å². The number of urea groups is 1. The summed E-state index contributed by atoms with van der Waals surface area (Å²) < 4.78 is 1.95. The number of carbonyl (C=O) groups excluding carboxylic acids is 1. The Labute approximate surface area is 140 Å². The topological polar surface area (TPSA) is 59.0 Å². The van der Waals surface area contributed by atoms with Gasteiger partial charge in [-0.3, -0.25) is 0 Å². The van der Waals surface area contributed by atoms with Crippen molar-refractivity contribution in [3.05, 3.63) is 48.5 Å². The number of imidazole rings is 1. The molecule has 1 aromatic heterocycles. The molecule has 0 saturated heterocycles. The third-order valence-electron chi connectivity index (χ3n) is 4.27. The van der Waals surface area contributed by atoms with Gasteiger partial charge in [-0.1, -0.05) is 18.2 Å². The van der Waals surface area contributed by atoms with Crippen molar-refractivity contribution in [1.29, 1.82) is 0 Å². The van der Waals surface area contributed by atoms with Crippen LogP contribution < -0.4 is 10.6 Å². The lowest BCUT2D eigenvalue weighted by Crippen LogP contribution is -2.40. The van der Waals surface area contributed by atoms with E-state index in [1.54, 1.807) is 12.5 Å². The zero-order chi connectivity index (χ0) is 16.1. The Kier molecular flexibility index (Phi) is 5.23. The highest BCUT2D eigenvalue weighted by molar-refractivity contribution is 7.99. The van der Waals surface area contributed by atoms with E-state index in [0.29, 0.717) is 17.8 Å². The van der Waals surface area contributed by atoms with Crippen LogP contribution in [0.4, 0.5) is 4.79 Å². The van der Waals surface area contributed by atoms with Gasteiger partial charge in [0.1, 0.15) is 0 Å². The summed E-state index contributed by atoms with van der Waals surface area (Å²) in [5.41, 5.74) is 2.10. The van der Waals surface area contributed by atoms with Crippen molar-refractivity contribution in [1.82, 2.24) is 20.2 Å². The summed E-state index contributed by atoms with van der Waals surface area (Å²) in [6.45, 7) is 0.499. The van der Waals surface area contributed by atoms with Crippen molar-refractivity contribution in [2.45, 2.75) is 37.1 Å². The molecule has 0 radical (unpaired) electrons. The van der Waals surface area contributed by atoms with Gasteiger partial charge in [-0.15, -0.1) is 0 Å². The van der Waals surface area contributed by atoms with Crippen LogP contribution in [0, 0.1) is 0 Å². The highest BCUT2D eigenvalue weighted by atomic mass is 32.2. The Morgan fingerprint density at radius 3 is 3.00 bits per heavy atom. The number of hydrogen-bond acceptors (Lipinski definition) is 3. The Balaban J connectivity index is 1.56. The van der Waals surface area contributed by atoms with Crippen molar-refractivity contribution >= 4 is 17.8 Å². The van der Waals surface area contributed by atoms with Gasteiger partial charge in [0.25, 0.3) is 0 Å². The SMILES string of the molecule is CSC1CCC(NC(=O)NCc2ccccc2-n2ccnc2)C1. The van der Waals surface area contributed by atoms with Crippen LogP contribution in [0.25, 0.3) is 5.69 Å². The number of aromatic nitrogens is 2. The number of nitrogens with one attached hydrogen (secondary N) is 2. The number of hydrogen-bond donors (Lipinski definition) is 2. The predicted octanol–water partition coefficient (Wildman–Crippen LogP) is 2.96. The van der Waals surface area contributed by atoms with Gasteiger partial charge in [0.2, 0.25) is 0 Å². The molecule has 2 unspecified atom stereocenters. The zero-order valence-corrected chi connectivity index (χ0v) is 14.1. The molecule has 5 nitrogen and oxygen atoms in total. The minimum absolute atomic E-state index is 0.0859. The molecule has 2 amide bonds. The van der Waals surface area contributed by atoms with E-state index >= 15 is 0 Å². The monoisotopic (exact) mass is 330 g/mol. The summed E-state index contributed by atoms with van der Waals surface area (Å²) in [4.78, 5) is 16.2. The van der Waals surface area contributed by atoms with Crippen molar-refractivity contribution in [2.24, 2.45) is 0 Å². The first-order chi connectivity index (χ1) is 11.3. The molecule has 1 fully saturated rings. The highest BCUT2D eigenvalue weighted by Crippen LogP contribution is 2.28. The summed E-state index contributed by atoms with van der Waals surface area (Å²) in [7, 11) is 0. The number of thioether (sulfide) groups is 1. The van der Waals surface area contributed by atoms with Crippen LogP contribution in [0.1, 0.15) is 24.8 Å². The van der Waals surface area contributed by atoms with Crippen LogP contribution in [-0.2, 0) is 6.54 Å². The molecule has 1 aliphatic carbocycles. The van der Waals surface area contributed by atoms with Crippen LogP contribution >= 0.6 is 11.8 Å². The second-order valence-corrected chi connectivity index (χ2v) is 6.93. The van der Waals surface area contributed by atoms with Crippen LogP contribution in [0.3, 0.4) is 0 Å².